The molecule has 0 aromatic carbocycles. The average molecular weight is 388 g/mol. The fourth-order valence-corrected chi connectivity index (χ4v) is 3.87. The molecule has 1 N–H and O–H groups in total. The van der Waals surface area contributed by atoms with Crippen molar-refractivity contribution >= 4 is 11.6 Å². The number of halogens is 1. The lowest BCUT2D eigenvalue weighted by molar-refractivity contribution is 0.141. The van der Waals surface area contributed by atoms with E-state index in [-0.39, 0.29) is 12.0 Å². The zero-order chi connectivity index (χ0) is 19.0. The zero-order valence-corrected chi connectivity index (χ0v) is 16.1. The highest BCUT2D eigenvalue weighted by atomic mass is 35.5. The largest absolute Gasteiger partial charge is 0.391 e. The summed E-state index contributed by atoms with van der Waals surface area (Å²) < 4.78 is 6.84. The first kappa shape index (κ1) is 18.2. The molecule has 7 nitrogen and oxygen atoms in total. The predicted octanol–water partition coefficient (Wildman–Crippen LogP) is 2.47. The summed E-state index contributed by atoms with van der Waals surface area (Å²) in [5.74, 6) is 0.910. The maximum atomic E-state index is 10.5. The van der Waals surface area contributed by atoms with E-state index in [2.05, 4.69) is 20.1 Å². The normalized spacial score (nSPS) is 20.4. The highest BCUT2D eigenvalue weighted by Crippen LogP contribution is 2.31. The van der Waals surface area contributed by atoms with Gasteiger partial charge in [-0.3, -0.25) is 14.6 Å². The van der Waals surface area contributed by atoms with Crippen LogP contribution in [-0.4, -0.2) is 49.1 Å². The zero-order valence-electron chi connectivity index (χ0n) is 15.3. The van der Waals surface area contributed by atoms with Gasteiger partial charge in [-0.2, -0.15) is 5.10 Å². The van der Waals surface area contributed by atoms with Gasteiger partial charge >= 0.3 is 0 Å². The minimum absolute atomic E-state index is 0.181. The van der Waals surface area contributed by atoms with Gasteiger partial charge in [0.1, 0.15) is 22.3 Å². The van der Waals surface area contributed by atoms with Gasteiger partial charge in [-0.05, 0) is 31.0 Å². The van der Waals surface area contributed by atoms with Gasteiger partial charge < -0.3 is 9.63 Å². The molecule has 1 fully saturated rings. The summed E-state index contributed by atoms with van der Waals surface area (Å²) in [5, 5.41) is 19.7. The minimum atomic E-state index is -0.369. The fraction of sp³-hybridized carbons (Fsp3) is 0.421. The molecule has 2 unspecified atom stereocenters. The third kappa shape index (κ3) is 3.76. The number of aliphatic hydroxyl groups excluding tert-OH is 1. The minimum Gasteiger partial charge on any atom is -0.391 e. The summed E-state index contributed by atoms with van der Waals surface area (Å²) in [6.07, 6.45) is 4.04. The summed E-state index contributed by atoms with van der Waals surface area (Å²) in [7, 11) is 1.81. The Kier molecular flexibility index (Phi) is 4.99. The first-order valence-corrected chi connectivity index (χ1v) is 9.33. The Morgan fingerprint density at radius 2 is 2.07 bits per heavy atom. The van der Waals surface area contributed by atoms with Gasteiger partial charge in [0.25, 0.3) is 0 Å². The van der Waals surface area contributed by atoms with Crippen molar-refractivity contribution in [3.05, 3.63) is 52.6 Å². The van der Waals surface area contributed by atoms with E-state index < -0.39 is 0 Å². The molecule has 3 aromatic heterocycles. The SMILES string of the molecule is Cc1cc(-c2nn(C)c(Cl)c2CN2CC(O)C(Cc3ccncc3)C2)no1. The lowest BCUT2D eigenvalue weighted by Crippen LogP contribution is -2.21. The maximum Gasteiger partial charge on any atom is 0.134 e. The van der Waals surface area contributed by atoms with Crippen molar-refractivity contribution in [3.8, 4) is 11.4 Å². The molecule has 1 aliphatic heterocycles. The third-order valence-electron chi connectivity index (χ3n) is 5.05. The predicted molar refractivity (Wildman–Crippen MR) is 101 cm³/mol. The van der Waals surface area contributed by atoms with Crippen molar-refractivity contribution in [2.75, 3.05) is 13.1 Å². The second-order valence-corrected chi connectivity index (χ2v) is 7.50. The van der Waals surface area contributed by atoms with Crippen molar-refractivity contribution < 1.29 is 9.63 Å². The highest BCUT2D eigenvalue weighted by molar-refractivity contribution is 6.30. The first-order valence-electron chi connectivity index (χ1n) is 8.95. The van der Waals surface area contributed by atoms with Crippen molar-refractivity contribution in [2.24, 2.45) is 13.0 Å². The monoisotopic (exact) mass is 387 g/mol. The van der Waals surface area contributed by atoms with Crippen LogP contribution in [0, 0.1) is 12.8 Å². The van der Waals surface area contributed by atoms with Gasteiger partial charge in [0.15, 0.2) is 0 Å². The van der Waals surface area contributed by atoms with Crippen molar-refractivity contribution in [1.29, 1.82) is 0 Å². The molecule has 0 aliphatic carbocycles. The van der Waals surface area contributed by atoms with E-state index in [1.165, 1.54) is 5.56 Å². The van der Waals surface area contributed by atoms with Crippen molar-refractivity contribution in [1.82, 2.24) is 24.8 Å². The molecule has 0 radical (unpaired) electrons. The number of aliphatic hydroxyl groups is 1. The molecular formula is C19H22ClN5O2. The molecule has 142 valence electrons. The van der Waals surface area contributed by atoms with Gasteiger partial charge in [-0.1, -0.05) is 16.8 Å². The Morgan fingerprint density at radius 3 is 2.78 bits per heavy atom. The lowest BCUT2D eigenvalue weighted by atomic mass is 9.97. The number of hydrogen-bond donors (Lipinski definition) is 1. The molecule has 2 atom stereocenters. The Hall–Kier alpha value is -2.22. The molecule has 0 bridgehead atoms. The number of rotatable bonds is 5. The number of hydrogen-bond acceptors (Lipinski definition) is 6. The molecular weight excluding hydrogens is 366 g/mol. The van der Waals surface area contributed by atoms with E-state index in [0.29, 0.717) is 23.9 Å². The second-order valence-electron chi connectivity index (χ2n) is 7.15. The van der Waals surface area contributed by atoms with E-state index in [4.69, 9.17) is 16.1 Å². The van der Waals surface area contributed by atoms with Gasteiger partial charge in [-0.15, -0.1) is 0 Å². The van der Waals surface area contributed by atoms with Crippen LogP contribution < -0.4 is 0 Å². The maximum absolute atomic E-state index is 10.5. The molecule has 8 heteroatoms. The summed E-state index contributed by atoms with van der Waals surface area (Å²) in [5.41, 5.74) is 3.50. The van der Waals surface area contributed by atoms with Crippen LogP contribution in [0.25, 0.3) is 11.4 Å². The highest BCUT2D eigenvalue weighted by Gasteiger charge is 2.33. The lowest BCUT2D eigenvalue weighted by Gasteiger charge is -2.15. The van der Waals surface area contributed by atoms with Crippen LogP contribution in [0.2, 0.25) is 5.15 Å². The van der Waals surface area contributed by atoms with Crippen molar-refractivity contribution in [2.45, 2.75) is 26.0 Å². The Morgan fingerprint density at radius 1 is 1.30 bits per heavy atom. The average Bonchev–Trinajstić information content (AvgIpc) is 3.31. The molecule has 4 heterocycles. The first-order chi connectivity index (χ1) is 13.0. The van der Waals surface area contributed by atoms with E-state index in [0.717, 1.165) is 30.0 Å². The van der Waals surface area contributed by atoms with Crippen LogP contribution in [0.3, 0.4) is 0 Å². The van der Waals surface area contributed by atoms with E-state index >= 15 is 0 Å². The second kappa shape index (κ2) is 7.42. The quantitative estimate of drug-likeness (QED) is 0.724. The number of aryl methyl sites for hydroxylation is 2. The smallest absolute Gasteiger partial charge is 0.134 e. The molecule has 3 aromatic rings. The van der Waals surface area contributed by atoms with Crippen LogP contribution in [0.15, 0.2) is 35.1 Å². The van der Waals surface area contributed by atoms with Gasteiger partial charge in [0, 0.05) is 56.6 Å². The molecule has 1 aliphatic rings. The van der Waals surface area contributed by atoms with Crippen LogP contribution in [-0.2, 0) is 20.0 Å². The van der Waals surface area contributed by atoms with Crippen LogP contribution in [0.5, 0.6) is 0 Å². The molecule has 0 spiro atoms. The standard InChI is InChI=1S/C19H22ClN5O2/c1-12-7-16(23-27-12)18-15(19(20)24(2)22-18)10-25-9-14(17(26)11-25)8-13-3-5-21-6-4-13/h3-7,14,17,26H,8-11H2,1-2H3. The van der Waals surface area contributed by atoms with Crippen LogP contribution >= 0.6 is 11.6 Å². The van der Waals surface area contributed by atoms with Gasteiger partial charge in [0.2, 0.25) is 0 Å². The number of nitrogens with zero attached hydrogens (tertiary/aromatic N) is 5. The number of likely N-dealkylation sites (tertiary alicyclic amines) is 1. The van der Waals surface area contributed by atoms with Gasteiger partial charge in [-0.25, -0.2) is 0 Å². The summed E-state index contributed by atoms with van der Waals surface area (Å²) in [6, 6.07) is 5.85. The van der Waals surface area contributed by atoms with Crippen LogP contribution in [0.4, 0.5) is 0 Å². The fourth-order valence-electron chi connectivity index (χ4n) is 3.69. The summed E-state index contributed by atoms with van der Waals surface area (Å²) in [6.45, 7) is 3.86. The van der Waals surface area contributed by atoms with E-state index in [9.17, 15) is 5.11 Å². The number of pyridine rings is 1. The molecule has 0 saturated carbocycles. The number of aromatic nitrogens is 4. The molecule has 0 amide bonds. The van der Waals surface area contributed by atoms with Crippen LogP contribution in [0.1, 0.15) is 16.9 Å². The van der Waals surface area contributed by atoms with Gasteiger partial charge in [0.05, 0.1) is 6.10 Å². The van der Waals surface area contributed by atoms with E-state index in [1.54, 1.807) is 17.1 Å². The summed E-state index contributed by atoms with van der Waals surface area (Å²) >= 11 is 6.50. The molecule has 4 rings (SSSR count). The topological polar surface area (TPSA) is 80.2 Å². The third-order valence-corrected chi connectivity index (χ3v) is 5.52. The molecule has 1 saturated heterocycles. The Balaban J connectivity index is 1.51. The Labute approximate surface area is 162 Å². The number of β-amino-alcohol motifs (C(OH)–C–C–N with tert-alkyl or cyclic N) is 1. The van der Waals surface area contributed by atoms with Crippen molar-refractivity contribution in [3.63, 3.8) is 0 Å². The van der Waals surface area contributed by atoms with E-state index in [1.807, 2.05) is 32.2 Å². The molecule has 27 heavy (non-hydrogen) atoms. The summed E-state index contributed by atoms with van der Waals surface area (Å²) in [4.78, 5) is 6.27. The Bertz CT molecular complexity index is 924.